The topological polar surface area (TPSA) is 113 Å². The van der Waals surface area contributed by atoms with E-state index in [9.17, 15) is 22.7 Å². The lowest BCUT2D eigenvalue weighted by atomic mass is 10.2. The number of amides is 1. The fourth-order valence-corrected chi connectivity index (χ4v) is 4.53. The molecule has 9 nitrogen and oxygen atoms in total. The Kier molecular flexibility index (Phi) is 4.96. The first-order chi connectivity index (χ1) is 14.1. The lowest BCUT2D eigenvalue weighted by molar-refractivity contribution is 0.133. The van der Waals surface area contributed by atoms with Gasteiger partial charge in [0, 0.05) is 31.4 Å². The van der Waals surface area contributed by atoms with Crippen LogP contribution in [0.3, 0.4) is 0 Å². The summed E-state index contributed by atoms with van der Waals surface area (Å²) >= 11 is 0. The first-order valence-corrected chi connectivity index (χ1v) is 11.0. The quantitative estimate of drug-likeness (QED) is 0.771. The molecule has 0 saturated carbocycles. The van der Waals surface area contributed by atoms with E-state index in [1.807, 2.05) is 0 Å². The Morgan fingerprint density at radius 3 is 2.43 bits per heavy atom. The molecule has 0 radical (unpaired) electrons. The van der Waals surface area contributed by atoms with Gasteiger partial charge < -0.3 is 19.6 Å². The van der Waals surface area contributed by atoms with Crippen LogP contribution in [0.5, 0.6) is 11.6 Å². The SMILES string of the molecule is CS(=O)(=O)c1ccc(Oc2ncnc(N3C4CCC3CN(C(=O)O)C4)c2F)c(F)c1. The first kappa shape index (κ1) is 20.3. The van der Waals surface area contributed by atoms with E-state index in [0.717, 1.165) is 30.8 Å². The number of fused-ring (bicyclic) bond motifs is 2. The van der Waals surface area contributed by atoms with Gasteiger partial charge in [-0.2, -0.15) is 9.37 Å². The number of halogens is 2. The molecule has 30 heavy (non-hydrogen) atoms. The summed E-state index contributed by atoms with van der Waals surface area (Å²) in [5.74, 6) is -2.81. The maximum atomic E-state index is 15.1. The Morgan fingerprint density at radius 2 is 1.87 bits per heavy atom. The van der Waals surface area contributed by atoms with Gasteiger partial charge in [-0.05, 0) is 31.0 Å². The van der Waals surface area contributed by atoms with E-state index in [-0.39, 0.29) is 41.6 Å². The zero-order chi connectivity index (χ0) is 21.6. The van der Waals surface area contributed by atoms with E-state index in [1.165, 1.54) is 4.90 Å². The second-order valence-corrected chi connectivity index (χ2v) is 9.28. The summed E-state index contributed by atoms with van der Waals surface area (Å²) in [6.07, 6.45) is 2.38. The number of carbonyl (C=O) groups is 1. The third kappa shape index (κ3) is 3.62. The Balaban J connectivity index is 1.61. The summed E-state index contributed by atoms with van der Waals surface area (Å²) in [5.41, 5.74) is 0. The molecule has 1 amide bonds. The van der Waals surface area contributed by atoms with Crippen LogP contribution in [-0.2, 0) is 9.84 Å². The van der Waals surface area contributed by atoms with E-state index in [2.05, 4.69) is 9.97 Å². The average Bonchev–Trinajstić information content (AvgIpc) is 2.92. The number of ether oxygens (including phenoxy) is 1. The second-order valence-electron chi connectivity index (χ2n) is 7.26. The summed E-state index contributed by atoms with van der Waals surface area (Å²) in [6, 6.07) is 2.56. The molecular formula is C18H18F2N4O5S. The highest BCUT2D eigenvalue weighted by molar-refractivity contribution is 7.90. The van der Waals surface area contributed by atoms with Crippen molar-refractivity contribution in [3.63, 3.8) is 0 Å². The summed E-state index contributed by atoms with van der Waals surface area (Å²) in [5, 5.41) is 9.23. The Hall–Kier alpha value is -3.02. The summed E-state index contributed by atoms with van der Waals surface area (Å²) < 4.78 is 57.7. The van der Waals surface area contributed by atoms with Crippen LogP contribution in [0.2, 0.25) is 0 Å². The molecule has 4 rings (SSSR count). The van der Waals surface area contributed by atoms with Gasteiger partial charge in [0.25, 0.3) is 5.88 Å². The number of carboxylic acid groups (broad SMARTS) is 1. The Labute approximate surface area is 170 Å². The fourth-order valence-electron chi connectivity index (χ4n) is 3.90. The number of aromatic nitrogens is 2. The van der Waals surface area contributed by atoms with Gasteiger partial charge in [0.15, 0.2) is 27.2 Å². The number of sulfone groups is 1. The lowest BCUT2D eigenvalue weighted by Gasteiger charge is -2.40. The van der Waals surface area contributed by atoms with Crippen LogP contribution in [-0.4, -0.2) is 65.9 Å². The predicted molar refractivity (Wildman–Crippen MR) is 100 cm³/mol. The third-order valence-corrected chi connectivity index (χ3v) is 6.38. The highest BCUT2D eigenvalue weighted by Crippen LogP contribution is 2.37. The molecule has 0 spiro atoms. The van der Waals surface area contributed by atoms with Gasteiger partial charge in [0.2, 0.25) is 5.82 Å². The molecule has 12 heteroatoms. The zero-order valence-corrected chi connectivity index (χ0v) is 16.6. The second kappa shape index (κ2) is 7.35. The molecule has 2 unspecified atom stereocenters. The van der Waals surface area contributed by atoms with Crippen molar-refractivity contribution in [3.8, 4) is 11.6 Å². The zero-order valence-electron chi connectivity index (χ0n) is 15.8. The minimum Gasteiger partial charge on any atom is -0.465 e. The number of nitrogens with zero attached hydrogens (tertiary/aromatic N) is 4. The molecule has 1 N–H and O–H groups in total. The van der Waals surface area contributed by atoms with Gasteiger partial charge >= 0.3 is 6.09 Å². The molecule has 2 fully saturated rings. The molecule has 2 bridgehead atoms. The molecule has 1 aromatic heterocycles. The lowest BCUT2D eigenvalue weighted by Crippen LogP contribution is -2.55. The van der Waals surface area contributed by atoms with Crippen LogP contribution in [0.1, 0.15) is 12.8 Å². The van der Waals surface area contributed by atoms with Crippen molar-refractivity contribution in [1.82, 2.24) is 14.9 Å². The number of benzene rings is 1. The minimum atomic E-state index is -3.61. The highest BCUT2D eigenvalue weighted by atomic mass is 32.2. The minimum absolute atomic E-state index is 0.0364. The average molecular weight is 440 g/mol. The van der Waals surface area contributed by atoms with Gasteiger partial charge in [-0.25, -0.2) is 22.6 Å². The number of rotatable bonds is 4. The van der Waals surface area contributed by atoms with E-state index in [4.69, 9.17) is 4.74 Å². The Bertz CT molecular complexity index is 1100. The van der Waals surface area contributed by atoms with E-state index in [1.54, 1.807) is 4.90 Å². The van der Waals surface area contributed by atoms with Crippen molar-refractivity contribution in [1.29, 1.82) is 0 Å². The van der Waals surface area contributed by atoms with Crippen LogP contribution in [0.4, 0.5) is 19.4 Å². The molecular weight excluding hydrogens is 422 g/mol. The number of hydrogen-bond acceptors (Lipinski definition) is 7. The maximum absolute atomic E-state index is 15.1. The summed E-state index contributed by atoms with van der Waals surface area (Å²) in [4.78, 5) is 21.8. The number of hydrogen-bond donors (Lipinski definition) is 1. The highest BCUT2D eigenvalue weighted by Gasteiger charge is 2.43. The molecule has 3 heterocycles. The van der Waals surface area contributed by atoms with Crippen molar-refractivity contribution in [3.05, 3.63) is 36.2 Å². The van der Waals surface area contributed by atoms with Gasteiger partial charge in [-0.3, -0.25) is 0 Å². The fraction of sp³-hybridized carbons (Fsp3) is 0.389. The maximum Gasteiger partial charge on any atom is 0.407 e. The van der Waals surface area contributed by atoms with E-state index < -0.39 is 33.4 Å². The molecule has 2 atom stereocenters. The van der Waals surface area contributed by atoms with E-state index >= 15 is 4.39 Å². The third-order valence-electron chi connectivity index (χ3n) is 5.27. The number of likely N-dealkylation sites (tertiary alicyclic amines) is 1. The molecule has 2 aromatic rings. The largest absolute Gasteiger partial charge is 0.465 e. The molecule has 1 aromatic carbocycles. The van der Waals surface area contributed by atoms with Gasteiger partial charge in [-0.1, -0.05) is 0 Å². The molecule has 0 aliphatic carbocycles. The van der Waals surface area contributed by atoms with Gasteiger partial charge in [-0.15, -0.1) is 0 Å². The normalized spacial score (nSPS) is 21.0. The number of anilines is 1. The van der Waals surface area contributed by atoms with Crippen molar-refractivity contribution in [2.75, 3.05) is 24.2 Å². The molecule has 2 aliphatic rings. The monoisotopic (exact) mass is 440 g/mol. The van der Waals surface area contributed by atoms with Crippen LogP contribution in [0, 0.1) is 11.6 Å². The van der Waals surface area contributed by atoms with Crippen molar-refractivity contribution in [2.24, 2.45) is 0 Å². The van der Waals surface area contributed by atoms with Crippen LogP contribution in [0.15, 0.2) is 29.4 Å². The summed E-state index contributed by atoms with van der Waals surface area (Å²) in [6.45, 7) is 0.458. The Morgan fingerprint density at radius 1 is 1.20 bits per heavy atom. The van der Waals surface area contributed by atoms with Gasteiger partial charge in [0.05, 0.1) is 4.90 Å². The van der Waals surface area contributed by atoms with Crippen LogP contribution < -0.4 is 9.64 Å². The smallest absolute Gasteiger partial charge is 0.407 e. The van der Waals surface area contributed by atoms with Crippen molar-refractivity contribution in [2.45, 2.75) is 29.8 Å². The van der Waals surface area contributed by atoms with Crippen LogP contribution >= 0.6 is 0 Å². The van der Waals surface area contributed by atoms with Gasteiger partial charge in [0.1, 0.15) is 6.33 Å². The van der Waals surface area contributed by atoms with E-state index in [0.29, 0.717) is 12.8 Å². The predicted octanol–water partition coefficient (Wildman–Crippen LogP) is 2.28. The number of piperazine rings is 1. The standard InChI is InChI=1S/C18H18F2N4O5S/c1-30(27,28)12-4-5-14(13(19)6-12)29-17-15(20)16(21-9-22-17)24-10-2-3-11(24)8-23(7-10)18(25)26/h4-6,9-11H,2-3,7-8H2,1H3,(H,25,26). The molecule has 160 valence electrons. The molecule has 2 aliphatic heterocycles. The van der Waals surface area contributed by atoms with Crippen LogP contribution in [0.25, 0.3) is 0 Å². The molecule has 2 saturated heterocycles. The van der Waals surface area contributed by atoms with Crippen molar-refractivity contribution >= 4 is 21.7 Å². The van der Waals surface area contributed by atoms with Crippen molar-refractivity contribution < 1.29 is 31.8 Å². The first-order valence-electron chi connectivity index (χ1n) is 9.09. The summed E-state index contributed by atoms with van der Waals surface area (Å²) in [7, 11) is -3.61.